The van der Waals surface area contributed by atoms with Gasteiger partial charge in [-0.15, -0.1) is 0 Å². The van der Waals surface area contributed by atoms with Crippen LogP contribution in [0.2, 0.25) is 0 Å². The van der Waals surface area contributed by atoms with Gasteiger partial charge in [-0.25, -0.2) is 4.98 Å². The molecular weight excluding hydrogens is 464 g/mol. The molecule has 192 valence electrons. The van der Waals surface area contributed by atoms with Gasteiger partial charge >= 0.3 is 0 Å². The number of hydrogen-bond donors (Lipinski definition) is 1. The van der Waals surface area contributed by atoms with E-state index in [0.717, 1.165) is 96.8 Å². The van der Waals surface area contributed by atoms with E-state index >= 15 is 0 Å². The number of fused-ring (bicyclic) bond motifs is 2. The maximum Gasteiger partial charge on any atom is 0.254 e. The van der Waals surface area contributed by atoms with Crippen LogP contribution in [0.15, 0.2) is 42.5 Å². The first-order valence-electron chi connectivity index (χ1n) is 13.9. The van der Waals surface area contributed by atoms with E-state index in [1.807, 2.05) is 30.3 Å². The number of aromatic nitrogens is 1. The summed E-state index contributed by atoms with van der Waals surface area (Å²) in [6.07, 6.45) is 8.28. The van der Waals surface area contributed by atoms with Crippen molar-refractivity contribution in [1.82, 2.24) is 14.8 Å². The molecule has 0 spiro atoms. The number of rotatable bonds is 6. The minimum Gasteiger partial charge on any atom is -0.454 e. The number of hydrogen-bond acceptors (Lipinski definition) is 6. The Kier molecular flexibility index (Phi) is 5.88. The molecule has 3 fully saturated rings. The third-order valence-corrected chi connectivity index (χ3v) is 8.51. The van der Waals surface area contributed by atoms with E-state index in [9.17, 15) is 4.79 Å². The Hall–Kier alpha value is -3.32. The molecule has 0 bridgehead atoms. The molecule has 2 aromatic carbocycles. The Morgan fingerprint density at radius 3 is 2.54 bits per heavy atom. The molecule has 1 aromatic heterocycles. The second-order valence-corrected chi connectivity index (χ2v) is 10.9. The Bertz CT molecular complexity index is 1330. The van der Waals surface area contributed by atoms with Crippen molar-refractivity contribution in [3.05, 3.63) is 48.0 Å². The third-order valence-electron chi connectivity index (χ3n) is 8.51. The summed E-state index contributed by atoms with van der Waals surface area (Å²) in [4.78, 5) is 23.8. The fourth-order valence-corrected chi connectivity index (χ4v) is 6.20. The van der Waals surface area contributed by atoms with Crippen molar-refractivity contribution in [1.29, 1.82) is 0 Å². The van der Waals surface area contributed by atoms with Crippen molar-refractivity contribution in [3.63, 3.8) is 0 Å². The molecule has 7 nitrogen and oxygen atoms in total. The van der Waals surface area contributed by atoms with Gasteiger partial charge in [-0.05, 0) is 99.5 Å². The number of carbonyl (C=O) groups is 1. The third kappa shape index (κ3) is 4.39. The standard InChI is InChI=1S/C30H34N4O3/c35-30(34-14-4-7-23(34)18-33-12-1-2-13-33)25-17-29(31-22-5-3-6-22)32-26-10-8-20(15-24(25)26)21-9-11-27-28(16-21)37-19-36-27/h8-11,15-17,22-23H,1-7,12-14,18-19H2,(H,31,32)/t23-/m0/s1. The zero-order valence-electron chi connectivity index (χ0n) is 21.2. The minimum absolute atomic E-state index is 0.133. The SMILES string of the molecule is O=C(c1cc(NC2CCC2)nc2ccc(-c3ccc4c(c3)OCO4)cc12)N1CCC[C@H]1CN1CCCC1. The van der Waals surface area contributed by atoms with Crippen molar-refractivity contribution in [2.45, 2.75) is 57.0 Å². The highest BCUT2D eigenvalue weighted by atomic mass is 16.7. The average molecular weight is 499 g/mol. The molecule has 7 rings (SSSR count). The van der Waals surface area contributed by atoms with Crippen molar-refractivity contribution in [3.8, 4) is 22.6 Å². The molecule has 1 aliphatic carbocycles. The van der Waals surface area contributed by atoms with E-state index in [2.05, 4.69) is 27.2 Å². The summed E-state index contributed by atoms with van der Waals surface area (Å²) in [6, 6.07) is 15.0. The predicted molar refractivity (Wildman–Crippen MR) is 144 cm³/mol. The first kappa shape index (κ1) is 22.8. The second-order valence-electron chi connectivity index (χ2n) is 10.9. The summed E-state index contributed by atoms with van der Waals surface area (Å²) in [7, 11) is 0. The molecule has 37 heavy (non-hydrogen) atoms. The van der Waals surface area contributed by atoms with E-state index in [0.29, 0.717) is 6.04 Å². The van der Waals surface area contributed by atoms with Gasteiger partial charge in [0.05, 0.1) is 11.1 Å². The lowest BCUT2D eigenvalue weighted by molar-refractivity contribution is 0.0710. The zero-order chi connectivity index (χ0) is 24.8. The molecule has 4 heterocycles. The van der Waals surface area contributed by atoms with Crippen LogP contribution in [0, 0.1) is 0 Å². The maximum absolute atomic E-state index is 14.2. The van der Waals surface area contributed by atoms with Crippen LogP contribution >= 0.6 is 0 Å². The summed E-state index contributed by atoms with van der Waals surface area (Å²) in [5, 5.41) is 4.49. The Labute approximate surface area is 217 Å². The summed E-state index contributed by atoms with van der Waals surface area (Å²) in [6.45, 7) is 4.39. The van der Waals surface area contributed by atoms with E-state index in [-0.39, 0.29) is 18.7 Å². The van der Waals surface area contributed by atoms with Gasteiger partial charge in [0.2, 0.25) is 6.79 Å². The number of nitrogens with zero attached hydrogens (tertiary/aromatic N) is 3. The van der Waals surface area contributed by atoms with Crippen LogP contribution in [0.1, 0.15) is 55.3 Å². The Balaban J connectivity index is 1.26. The average Bonchev–Trinajstić information content (AvgIpc) is 3.67. The highest BCUT2D eigenvalue weighted by molar-refractivity contribution is 6.08. The molecule has 0 unspecified atom stereocenters. The number of carbonyl (C=O) groups excluding carboxylic acids is 1. The number of ether oxygens (including phenoxy) is 2. The molecule has 4 aliphatic rings. The van der Waals surface area contributed by atoms with E-state index in [1.165, 1.54) is 19.3 Å². The first-order chi connectivity index (χ1) is 18.2. The number of nitrogens with one attached hydrogen (secondary N) is 1. The van der Waals surface area contributed by atoms with E-state index < -0.39 is 0 Å². The summed E-state index contributed by atoms with van der Waals surface area (Å²) >= 11 is 0. The van der Waals surface area contributed by atoms with Crippen LogP contribution in [0.4, 0.5) is 5.82 Å². The van der Waals surface area contributed by atoms with Crippen LogP contribution < -0.4 is 14.8 Å². The molecule has 7 heteroatoms. The molecule has 1 atom stereocenters. The molecule has 3 aromatic rings. The van der Waals surface area contributed by atoms with Gasteiger partial charge in [-0.1, -0.05) is 12.1 Å². The smallest absolute Gasteiger partial charge is 0.254 e. The Morgan fingerprint density at radius 2 is 1.70 bits per heavy atom. The molecule has 1 amide bonds. The number of benzene rings is 2. The largest absolute Gasteiger partial charge is 0.454 e. The maximum atomic E-state index is 14.2. The van der Waals surface area contributed by atoms with Gasteiger partial charge < -0.3 is 24.6 Å². The lowest BCUT2D eigenvalue weighted by Gasteiger charge is -2.30. The van der Waals surface area contributed by atoms with Gasteiger partial charge in [0.25, 0.3) is 5.91 Å². The molecule has 3 aliphatic heterocycles. The van der Waals surface area contributed by atoms with Gasteiger partial charge in [0.1, 0.15) is 5.82 Å². The summed E-state index contributed by atoms with van der Waals surface area (Å²) < 4.78 is 11.1. The van der Waals surface area contributed by atoms with E-state index in [1.54, 1.807) is 0 Å². The lowest BCUT2D eigenvalue weighted by Crippen LogP contribution is -2.42. The fourth-order valence-electron chi connectivity index (χ4n) is 6.20. The number of amides is 1. The first-order valence-corrected chi connectivity index (χ1v) is 13.9. The fraction of sp³-hybridized carbons (Fsp3) is 0.467. The summed E-state index contributed by atoms with van der Waals surface area (Å²) in [5.41, 5.74) is 3.68. The van der Waals surface area contributed by atoms with Crippen LogP contribution in [-0.2, 0) is 0 Å². The number of anilines is 1. The molecule has 1 saturated carbocycles. The topological polar surface area (TPSA) is 66.9 Å². The summed E-state index contributed by atoms with van der Waals surface area (Å²) in [5.74, 6) is 2.47. The van der Waals surface area contributed by atoms with Crippen LogP contribution in [0.5, 0.6) is 11.5 Å². The Morgan fingerprint density at radius 1 is 0.892 bits per heavy atom. The zero-order valence-corrected chi connectivity index (χ0v) is 21.2. The minimum atomic E-state index is 0.133. The van der Waals surface area contributed by atoms with E-state index in [4.69, 9.17) is 14.5 Å². The predicted octanol–water partition coefficient (Wildman–Crippen LogP) is 5.30. The highest BCUT2D eigenvalue weighted by Crippen LogP contribution is 2.37. The van der Waals surface area contributed by atoms with Gasteiger partial charge in [-0.2, -0.15) is 0 Å². The van der Waals surface area contributed by atoms with Crippen molar-refractivity contribution < 1.29 is 14.3 Å². The molecule has 2 saturated heterocycles. The van der Waals surface area contributed by atoms with Gasteiger partial charge in [-0.3, -0.25) is 4.79 Å². The normalized spacial score (nSPS) is 21.5. The molecule has 0 radical (unpaired) electrons. The molecular formula is C30H34N4O3. The van der Waals surface area contributed by atoms with Gasteiger partial charge in [0, 0.05) is 30.6 Å². The number of likely N-dealkylation sites (tertiary alicyclic amines) is 2. The van der Waals surface area contributed by atoms with Crippen molar-refractivity contribution in [2.24, 2.45) is 0 Å². The number of pyridine rings is 1. The molecule has 1 N–H and O–H groups in total. The lowest BCUT2D eigenvalue weighted by atomic mass is 9.93. The van der Waals surface area contributed by atoms with Crippen molar-refractivity contribution in [2.75, 3.05) is 38.3 Å². The van der Waals surface area contributed by atoms with Crippen LogP contribution in [-0.4, -0.2) is 65.7 Å². The quantitative estimate of drug-likeness (QED) is 0.498. The van der Waals surface area contributed by atoms with Crippen LogP contribution in [0.3, 0.4) is 0 Å². The highest BCUT2D eigenvalue weighted by Gasteiger charge is 2.32. The second kappa shape index (κ2) is 9.53. The van der Waals surface area contributed by atoms with Crippen molar-refractivity contribution >= 4 is 22.6 Å². The van der Waals surface area contributed by atoms with Gasteiger partial charge in [0.15, 0.2) is 11.5 Å². The van der Waals surface area contributed by atoms with Crippen LogP contribution in [0.25, 0.3) is 22.0 Å². The monoisotopic (exact) mass is 498 g/mol.